The van der Waals surface area contributed by atoms with E-state index in [1.807, 2.05) is 0 Å². The smallest absolute Gasteiger partial charge is 0.119 e. The van der Waals surface area contributed by atoms with Crippen molar-refractivity contribution in [2.45, 2.75) is 52.4 Å². The molecule has 0 amide bonds. The van der Waals surface area contributed by atoms with Crippen LogP contribution in [0.1, 0.15) is 52.5 Å². The van der Waals surface area contributed by atoms with E-state index in [-0.39, 0.29) is 11.2 Å². The van der Waals surface area contributed by atoms with Gasteiger partial charge in [-0.3, -0.25) is 0 Å². The van der Waals surface area contributed by atoms with Gasteiger partial charge in [-0.1, -0.05) is 34.1 Å². The lowest BCUT2D eigenvalue weighted by molar-refractivity contribution is 0.326. The van der Waals surface area contributed by atoms with Crippen molar-refractivity contribution >= 4 is 0 Å². The molecule has 0 saturated heterocycles. The topological polar surface area (TPSA) is 40.5 Å². The van der Waals surface area contributed by atoms with Gasteiger partial charge in [-0.25, -0.2) is 0 Å². The zero-order chi connectivity index (χ0) is 13.1. The Kier molecular flexibility index (Phi) is 4.44. The lowest BCUT2D eigenvalue weighted by Crippen LogP contribution is -2.24. The molecule has 2 heteroatoms. The molecular weight excluding hydrogens is 212 g/mol. The minimum atomic E-state index is -0.0637. The van der Waals surface area contributed by atoms with Crippen LogP contribution in [0.25, 0.3) is 0 Å². The average Bonchev–Trinajstić information content (AvgIpc) is 2.20. The molecule has 0 bridgehead atoms. The van der Waals surface area contributed by atoms with Crippen LogP contribution in [-0.4, -0.2) is 10.2 Å². The van der Waals surface area contributed by atoms with Crippen LogP contribution in [0.4, 0.5) is 0 Å². The largest absolute Gasteiger partial charge is 0.508 e. The Morgan fingerprint density at radius 1 is 1.24 bits per heavy atom. The molecule has 1 unspecified atom stereocenters. The fraction of sp³-hybridized carbons (Fsp3) is 0.600. The highest BCUT2D eigenvalue weighted by molar-refractivity contribution is 5.43. The van der Waals surface area contributed by atoms with E-state index in [0.717, 1.165) is 24.8 Å². The van der Waals surface area contributed by atoms with Crippen LogP contribution in [0.5, 0.6) is 11.5 Å². The quantitative estimate of drug-likeness (QED) is 0.752. The van der Waals surface area contributed by atoms with Crippen LogP contribution in [0.2, 0.25) is 0 Å². The van der Waals surface area contributed by atoms with Gasteiger partial charge in [0.2, 0.25) is 0 Å². The molecule has 0 aliphatic heterocycles. The average molecular weight is 236 g/mol. The van der Waals surface area contributed by atoms with Crippen molar-refractivity contribution in [2.24, 2.45) is 5.92 Å². The van der Waals surface area contributed by atoms with Gasteiger partial charge in [-0.15, -0.1) is 0 Å². The summed E-state index contributed by atoms with van der Waals surface area (Å²) in [5, 5.41) is 19.6. The number of benzene rings is 1. The summed E-state index contributed by atoms with van der Waals surface area (Å²) in [5.41, 5.74) is 0.805. The molecule has 1 aromatic rings. The molecule has 0 aliphatic rings. The van der Waals surface area contributed by atoms with Crippen molar-refractivity contribution < 1.29 is 10.2 Å². The molecule has 2 N–H and O–H groups in total. The van der Waals surface area contributed by atoms with Crippen molar-refractivity contribution in [2.75, 3.05) is 0 Å². The van der Waals surface area contributed by atoms with Crippen LogP contribution < -0.4 is 0 Å². The molecule has 0 fully saturated rings. The number of rotatable bonds is 5. The molecule has 17 heavy (non-hydrogen) atoms. The highest BCUT2D eigenvalue weighted by atomic mass is 16.3. The van der Waals surface area contributed by atoms with E-state index in [0.29, 0.717) is 11.7 Å². The molecule has 0 saturated carbocycles. The molecule has 0 aliphatic carbocycles. The molecule has 0 aromatic heterocycles. The zero-order valence-corrected chi connectivity index (χ0v) is 11.3. The van der Waals surface area contributed by atoms with Gasteiger partial charge in [0.05, 0.1) is 0 Å². The fourth-order valence-electron chi connectivity index (χ4n) is 2.81. The summed E-state index contributed by atoms with van der Waals surface area (Å²) in [4.78, 5) is 0. The van der Waals surface area contributed by atoms with Crippen molar-refractivity contribution in [3.05, 3.63) is 23.8 Å². The first-order chi connectivity index (χ1) is 7.89. The third kappa shape index (κ3) is 3.39. The molecule has 1 aromatic carbocycles. The Morgan fingerprint density at radius 2 is 1.88 bits per heavy atom. The van der Waals surface area contributed by atoms with Gasteiger partial charge >= 0.3 is 0 Å². The third-order valence-corrected chi connectivity index (χ3v) is 3.29. The maximum absolute atomic E-state index is 10.00. The Labute approximate surface area is 104 Å². The summed E-state index contributed by atoms with van der Waals surface area (Å²) in [5.74, 6) is 1.08. The lowest BCUT2D eigenvalue weighted by atomic mass is 9.72. The SMILES string of the molecule is CCCC(C)(CC(C)C)c1cc(O)ccc1O. The van der Waals surface area contributed by atoms with Gasteiger partial charge < -0.3 is 10.2 Å². The standard InChI is InChI=1S/C15H24O2/c1-5-8-15(4,10-11(2)3)13-9-12(16)6-7-14(13)17/h6-7,9,11,16-17H,5,8,10H2,1-4H3. The van der Waals surface area contributed by atoms with Crippen molar-refractivity contribution in [1.29, 1.82) is 0 Å². The molecule has 2 nitrogen and oxygen atoms in total. The summed E-state index contributed by atoms with van der Waals surface area (Å²) in [6.45, 7) is 8.70. The van der Waals surface area contributed by atoms with E-state index >= 15 is 0 Å². The predicted octanol–water partition coefficient (Wildman–Crippen LogP) is 4.20. The van der Waals surface area contributed by atoms with Gasteiger partial charge in [-0.2, -0.15) is 0 Å². The second-order valence-electron chi connectivity index (χ2n) is 5.61. The Morgan fingerprint density at radius 3 is 2.41 bits per heavy atom. The minimum Gasteiger partial charge on any atom is -0.508 e. The van der Waals surface area contributed by atoms with Gasteiger partial charge in [0.1, 0.15) is 11.5 Å². The summed E-state index contributed by atoms with van der Waals surface area (Å²) in [7, 11) is 0. The van der Waals surface area contributed by atoms with Crippen molar-refractivity contribution in [3.8, 4) is 11.5 Å². The molecular formula is C15H24O2. The summed E-state index contributed by atoms with van der Waals surface area (Å²) >= 11 is 0. The van der Waals surface area contributed by atoms with Gasteiger partial charge in [-0.05, 0) is 42.4 Å². The van der Waals surface area contributed by atoms with Crippen LogP contribution in [0.3, 0.4) is 0 Å². The number of hydrogen-bond acceptors (Lipinski definition) is 2. The molecule has 1 atom stereocenters. The summed E-state index contributed by atoms with van der Waals surface area (Å²) < 4.78 is 0. The van der Waals surface area contributed by atoms with Crippen LogP contribution >= 0.6 is 0 Å². The van der Waals surface area contributed by atoms with E-state index in [1.165, 1.54) is 6.07 Å². The molecule has 0 radical (unpaired) electrons. The zero-order valence-electron chi connectivity index (χ0n) is 11.3. The highest BCUT2D eigenvalue weighted by Crippen LogP contribution is 2.41. The van der Waals surface area contributed by atoms with Crippen LogP contribution in [0, 0.1) is 5.92 Å². The van der Waals surface area contributed by atoms with Crippen molar-refractivity contribution in [3.63, 3.8) is 0 Å². The third-order valence-electron chi connectivity index (χ3n) is 3.29. The van der Waals surface area contributed by atoms with Crippen LogP contribution in [-0.2, 0) is 5.41 Å². The normalized spacial score (nSPS) is 14.9. The second-order valence-corrected chi connectivity index (χ2v) is 5.61. The number of hydrogen-bond donors (Lipinski definition) is 2. The number of aromatic hydroxyl groups is 2. The Hall–Kier alpha value is -1.18. The first kappa shape index (κ1) is 13.9. The van der Waals surface area contributed by atoms with Gasteiger partial charge in [0.25, 0.3) is 0 Å². The molecule has 0 spiro atoms. The highest BCUT2D eigenvalue weighted by Gasteiger charge is 2.29. The Balaban J connectivity index is 3.16. The van der Waals surface area contributed by atoms with Crippen LogP contribution in [0.15, 0.2) is 18.2 Å². The van der Waals surface area contributed by atoms with Gasteiger partial charge in [0, 0.05) is 5.56 Å². The van der Waals surface area contributed by atoms with Gasteiger partial charge in [0.15, 0.2) is 0 Å². The number of phenolic OH excluding ortho intramolecular Hbond substituents is 2. The lowest BCUT2D eigenvalue weighted by Gasteiger charge is -2.32. The summed E-state index contributed by atoms with van der Waals surface area (Å²) in [6, 6.07) is 4.81. The summed E-state index contributed by atoms with van der Waals surface area (Å²) in [6.07, 6.45) is 3.10. The molecule has 96 valence electrons. The Bertz CT molecular complexity index is 371. The van der Waals surface area contributed by atoms with Crippen molar-refractivity contribution in [1.82, 2.24) is 0 Å². The van der Waals surface area contributed by atoms with E-state index in [1.54, 1.807) is 12.1 Å². The first-order valence-electron chi connectivity index (χ1n) is 6.41. The number of phenols is 2. The maximum Gasteiger partial charge on any atom is 0.119 e. The second kappa shape index (κ2) is 5.44. The molecule has 0 heterocycles. The maximum atomic E-state index is 10.00. The van der Waals surface area contributed by atoms with E-state index in [4.69, 9.17) is 0 Å². The molecule has 1 rings (SSSR count). The van der Waals surface area contributed by atoms with E-state index in [9.17, 15) is 10.2 Å². The fourth-order valence-corrected chi connectivity index (χ4v) is 2.81. The first-order valence-corrected chi connectivity index (χ1v) is 6.41. The van der Waals surface area contributed by atoms with E-state index in [2.05, 4.69) is 27.7 Å². The monoisotopic (exact) mass is 236 g/mol. The van der Waals surface area contributed by atoms with E-state index < -0.39 is 0 Å². The minimum absolute atomic E-state index is 0.0637. The predicted molar refractivity (Wildman–Crippen MR) is 71.5 cm³/mol.